The van der Waals surface area contributed by atoms with E-state index in [9.17, 15) is 8.78 Å². The molecule has 10 heteroatoms. The first-order chi connectivity index (χ1) is 16.1. The zero-order valence-corrected chi connectivity index (χ0v) is 18.6. The Morgan fingerprint density at radius 1 is 1.15 bits per heavy atom. The molecule has 4 aromatic rings. The highest BCUT2D eigenvalue weighted by molar-refractivity contribution is 7.71. The Hall–Kier alpha value is -3.53. The number of ether oxygens (including phenoxy) is 1. The Labute approximate surface area is 194 Å². The molecule has 2 atom stereocenters. The lowest BCUT2D eigenvalue weighted by Crippen LogP contribution is -2.31. The minimum absolute atomic E-state index is 0.218. The van der Waals surface area contributed by atoms with Crippen LogP contribution in [0.5, 0.6) is 5.75 Å². The average molecular weight is 469 g/mol. The molecule has 0 bridgehead atoms. The number of anilines is 1. The van der Waals surface area contributed by atoms with Crippen LogP contribution < -0.4 is 10.1 Å². The molecule has 33 heavy (non-hydrogen) atoms. The molecule has 0 saturated carbocycles. The number of hydrogen-bond acceptors (Lipinski definition) is 5. The molecule has 2 aromatic heterocycles. The highest BCUT2D eigenvalue weighted by Gasteiger charge is 2.36. The first-order valence-electron chi connectivity index (χ1n) is 10.7. The molecule has 0 fully saturated rings. The molecule has 0 spiro atoms. The third-order valence-corrected chi connectivity index (χ3v) is 5.98. The molecular weight excluding hydrogens is 446 g/mol. The van der Waals surface area contributed by atoms with Crippen molar-refractivity contribution in [1.82, 2.24) is 24.5 Å². The highest BCUT2D eigenvalue weighted by atomic mass is 32.1. The molecule has 3 heterocycles. The van der Waals surface area contributed by atoms with Crippen LogP contribution in [0.4, 0.5) is 14.6 Å². The number of nitrogens with one attached hydrogen (secondary N) is 2. The van der Waals surface area contributed by atoms with Crippen molar-refractivity contribution in [3.63, 3.8) is 0 Å². The van der Waals surface area contributed by atoms with E-state index in [1.807, 2.05) is 61.5 Å². The van der Waals surface area contributed by atoms with Gasteiger partial charge in [-0.1, -0.05) is 42.5 Å². The number of aromatic nitrogens is 5. The van der Waals surface area contributed by atoms with Crippen molar-refractivity contribution in [2.24, 2.45) is 0 Å². The van der Waals surface area contributed by atoms with Crippen LogP contribution >= 0.6 is 12.2 Å². The van der Waals surface area contributed by atoms with Gasteiger partial charge in [0.1, 0.15) is 17.6 Å². The van der Waals surface area contributed by atoms with Crippen molar-refractivity contribution in [3.05, 3.63) is 71.1 Å². The van der Waals surface area contributed by atoms with Crippen molar-refractivity contribution in [1.29, 1.82) is 0 Å². The summed E-state index contributed by atoms with van der Waals surface area (Å²) in [6.07, 6.45) is -0.796. The smallest absolute Gasteiger partial charge is 0.260 e. The lowest BCUT2D eigenvalue weighted by molar-refractivity contribution is 0.0659. The Morgan fingerprint density at radius 3 is 2.67 bits per heavy atom. The fourth-order valence-electron chi connectivity index (χ4n) is 4.22. The number of aromatic amines is 1. The highest BCUT2D eigenvalue weighted by Crippen LogP contribution is 2.42. The van der Waals surface area contributed by atoms with Gasteiger partial charge in [0.2, 0.25) is 0 Å². The molecular formula is C23H22F2N6OS. The van der Waals surface area contributed by atoms with Crippen molar-refractivity contribution in [2.45, 2.75) is 31.9 Å². The quantitative estimate of drug-likeness (QED) is 0.363. The minimum Gasteiger partial charge on any atom is -0.492 e. The summed E-state index contributed by atoms with van der Waals surface area (Å²) in [5.41, 5.74) is 2.20. The molecule has 5 rings (SSSR count). The van der Waals surface area contributed by atoms with Crippen LogP contribution in [0.1, 0.15) is 31.0 Å². The summed E-state index contributed by atoms with van der Waals surface area (Å²) < 4.78 is 37.3. The zero-order chi connectivity index (χ0) is 22.9. The van der Waals surface area contributed by atoms with Gasteiger partial charge in [-0.15, -0.1) is 0 Å². The molecule has 2 aromatic carbocycles. The lowest BCUT2D eigenvalue weighted by Gasteiger charge is -2.32. The van der Waals surface area contributed by atoms with Crippen molar-refractivity contribution in [2.75, 3.05) is 11.9 Å². The summed E-state index contributed by atoms with van der Waals surface area (Å²) in [5.74, 6) is 1.58. The fourth-order valence-corrected chi connectivity index (χ4v) is 4.45. The maximum atomic E-state index is 14.0. The zero-order valence-electron chi connectivity index (χ0n) is 17.8. The number of rotatable bonds is 6. The van der Waals surface area contributed by atoms with Crippen molar-refractivity contribution in [3.8, 4) is 22.8 Å². The predicted octanol–water partition coefficient (Wildman–Crippen LogP) is 5.56. The van der Waals surface area contributed by atoms with Crippen LogP contribution in [-0.4, -0.2) is 37.6 Å². The van der Waals surface area contributed by atoms with E-state index in [2.05, 4.69) is 20.6 Å². The second-order valence-electron chi connectivity index (χ2n) is 7.69. The van der Waals surface area contributed by atoms with Crippen LogP contribution in [0.15, 0.2) is 60.8 Å². The molecule has 0 unspecified atom stereocenters. The molecule has 1 aliphatic rings. The third-order valence-electron chi connectivity index (χ3n) is 5.71. The van der Waals surface area contributed by atoms with Crippen molar-refractivity contribution >= 4 is 18.0 Å². The molecule has 0 radical (unpaired) electrons. The number of para-hydroxylation sites is 2. The van der Waals surface area contributed by atoms with Gasteiger partial charge in [0, 0.05) is 0 Å². The van der Waals surface area contributed by atoms with E-state index in [1.165, 1.54) is 4.68 Å². The van der Waals surface area contributed by atoms with Crippen molar-refractivity contribution < 1.29 is 13.5 Å². The second kappa shape index (κ2) is 8.78. The Kier molecular flexibility index (Phi) is 5.67. The normalized spacial score (nSPS) is 17.6. The Bertz CT molecular complexity index is 1320. The van der Waals surface area contributed by atoms with E-state index in [0.29, 0.717) is 40.0 Å². The minimum atomic E-state index is -2.57. The molecule has 2 N–H and O–H groups in total. The van der Waals surface area contributed by atoms with Crippen LogP contribution in [0.2, 0.25) is 0 Å². The summed E-state index contributed by atoms with van der Waals surface area (Å²) in [4.78, 5) is 0. The number of halogens is 2. The number of H-pyrrole nitrogens is 1. The van der Waals surface area contributed by atoms with Gasteiger partial charge in [-0.05, 0) is 43.3 Å². The number of hydrogen-bond donors (Lipinski definition) is 2. The van der Waals surface area contributed by atoms with Gasteiger partial charge in [-0.2, -0.15) is 10.2 Å². The first kappa shape index (κ1) is 21.3. The average Bonchev–Trinajstić information content (AvgIpc) is 3.42. The molecule has 170 valence electrons. The summed E-state index contributed by atoms with van der Waals surface area (Å²) in [7, 11) is 0. The molecule has 1 aliphatic heterocycles. The molecule has 0 amide bonds. The number of fused-ring (bicyclic) bond motifs is 1. The fraction of sp³-hybridized carbons (Fsp3) is 0.261. The van der Waals surface area contributed by atoms with Gasteiger partial charge in [-0.3, -0.25) is 9.67 Å². The van der Waals surface area contributed by atoms with Gasteiger partial charge < -0.3 is 10.1 Å². The van der Waals surface area contributed by atoms with E-state index < -0.39 is 12.5 Å². The summed E-state index contributed by atoms with van der Waals surface area (Å²) in [5, 5.41) is 15.0. The van der Waals surface area contributed by atoms with Crippen LogP contribution in [-0.2, 0) is 0 Å². The van der Waals surface area contributed by atoms with E-state index >= 15 is 0 Å². The number of nitrogens with zero attached hydrogens (tertiary/aromatic N) is 4. The Morgan fingerprint density at radius 2 is 1.91 bits per heavy atom. The van der Waals surface area contributed by atoms with E-state index in [4.69, 9.17) is 17.0 Å². The topological polar surface area (TPSA) is 72.7 Å². The summed E-state index contributed by atoms with van der Waals surface area (Å²) in [6, 6.07) is 15.7. The van der Waals surface area contributed by atoms with E-state index in [0.717, 1.165) is 5.56 Å². The first-order valence-corrected chi connectivity index (χ1v) is 11.1. The van der Waals surface area contributed by atoms with Gasteiger partial charge in [0.25, 0.3) is 6.43 Å². The summed E-state index contributed by atoms with van der Waals surface area (Å²) in [6.45, 7) is 2.38. The molecule has 0 saturated heterocycles. The predicted molar refractivity (Wildman–Crippen MR) is 124 cm³/mol. The SMILES string of the molecule is CCOc1ccccc1-n1c(-c2cnn3c2N[C@H](c2ccccc2)C[C@H]3C(F)F)n[nH]c1=S. The van der Waals surface area contributed by atoms with Gasteiger partial charge in [-0.25, -0.2) is 13.5 Å². The molecule has 0 aliphatic carbocycles. The van der Waals surface area contributed by atoms with Gasteiger partial charge in [0.05, 0.1) is 30.1 Å². The van der Waals surface area contributed by atoms with Crippen LogP contribution in [0, 0.1) is 4.77 Å². The maximum Gasteiger partial charge on any atom is 0.260 e. The van der Waals surface area contributed by atoms with Gasteiger partial charge >= 0.3 is 0 Å². The molecule has 7 nitrogen and oxygen atoms in total. The lowest BCUT2D eigenvalue weighted by atomic mass is 9.97. The van der Waals surface area contributed by atoms with Crippen LogP contribution in [0.25, 0.3) is 17.1 Å². The largest absolute Gasteiger partial charge is 0.492 e. The maximum absolute atomic E-state index is 14.0. The van der Waals surface area contributed by atoms with E-state index in [-0.39, 0.29) is 12.5 Å². The third kappa shape index (κ3) is 3.80. The monoisotopic (exact) mass is 468 g/mol. The number of benzene rings is 2. The van der Waals surface area contributed by atoms with Crippen LogP contribution in [0.3, 0.4) is 0 Å². The standard InChI is InChI=1S/C23H22F2N6OS/c1-2-32-19-11-7-6-10-17(19)30-22(28-29-23(30)33)15-13-26-31-18(20(24)25)12-16(27-21(15)31)14-8-4-3-5-9-14/h3-11,13,16,18,20,27H,2,12H2,1H3,(H,29,33)/t16-,18-/m0/s1. The van der Waals surface area contributed by atoms with E-state index in [1.54, 1.807) is 10.8 Å². The Balaban J connectivity index is 1.64. The van der Waals surface area contributed by atoms with Gasteiger partial charge in [0.15, 0.2) is 10.6 Å². The second-order valence-corrected chi connectivity index (χ2v) is 8.07. The summed E-state index contributed by atoms with van der Waals surface area (Å²) >= 11 is 5.51. The number of alkyl halides is 2.